The first-order valence-electron chi connectivity index (χ1n) is 7.50. The number of aryl methyl sites for hydroxylation is 1. The maximum absolute atomic E-state index is 6.69. The van der Waals surface area contributed by atoms with Crippen LogP contribution in [0.3, 0.4) is 0 Å². The van der Waals surface area contributed by atoms with Gasteiger partial charge in [-0.15, -0.1) is 0 Å². The molecule has 0 aliphatic heterocycles. The van der Waals surface area contributed by atoms with E-state index in [1.165, 1.54) is 38.5 Å². The Labute approximate surface area is 119 Å². The third-order valence-electron chi connectivity index (χ3n) is 5.98. The summed E-state index contributed by atoms with van der Waals surface area (Å²) >= 11 is 6.32. The van der Waals surface area contributed by atoms with Crippen LogP contribution in [0.1, 0.15) is 50.3 Å². The molecular weight excluding hydrogens is 258 g/mol. The van der Waals surface area contributed by atoms with Crippen molar-refractivity contribution in [1.82, 2.24) is 9.78 Å². The average molecular weight is 280 g/mol. The lowest BCUT2D eigenvalue weighted by atomic mass is 9.47. The first-order valence-corrected chi connectivity index (χ1v) is 7.88. The van der Waals surface area contributed by atoms with Crippen molar-refractivity contribution in [2.75, 3.05) is 0 Å². The zero-order chi connectivity index (χ0) is 13.2. The summed E-state index contributed by atoms with van der Waals surface area (Å²) in [5.74, 6) is 2.76. The van der Waals surface area contributed by atoms with Gasteiger partial charge in [0.1, 0.15) is 0 Å². The lowest BCUT2D eigenvalue weighted by Gasteiger charge is -2.58. The summed E-state index contributed by atoms with van der Waals surface area (Å²) in [7, 11) is 1.96. The van der Waals surface area contributed by atoms with Crippen LogP contribution in [0.15, 0.2) is 6.20 Å². The van der Waals surface area contributed by atoms with Gasteiger partial charge in [0.2, 0.25) is 0 Å². The molecule has 1 aromatic heterocycles. The van der Waals surface area contributed by atoms with Crippen LogP contribution in [0.4, 0.5) is 0 Å². The first kappa shape index (κ1) is 12.2. The zero-order valence-electron chi connectivity index (χ0n) is 11.5. The Morgan fingerprint density at radius 1 is 1.26 bits per heavy atom. The van der Waals surface area contributed by atoms with Crippen molar-refractivity contribution in [1.29, 1.82) is 0 Å². The molecule has 1 heterocycles. The van der Waals surface area contributed by atoms with Crippen LogP contribution in [0.2, 0.25) is 5.02 Å². The Hall–Kier alpha value is -0.540. The van der Waals surface area contributed by atoms with Crippen molar-refractivity contribution in [3.05, 3.63) is 16.9 Å². The molecule has 0 saturated heterocycles. The van der Waals surface area contributed by atoms with Gasteiger partial charge in [0, 0.05) is 7.05 Å². The third-order valence-corrected chi connectivity index (χ3v) is 6.27. The summed E-state index contributed by atoms with van der Waals surface area (Å²) in [6.07, 6.45) is 10.0. The fourth-order valence-electron chi connectivity index (χ4n) is 5.62. The van der Waals surface area contributed by atoms with Gasteiger partial charge in [-0.2, -0.15) is 5.10 Å². The molecule has 0 spiro atoms. The van der Waals surface area contributed by atoms with Gasteiger partial charge in [0.05, 0.1) is 23.0 Å². The fourth-order valence-corrected chi connectivity index (χ4v) is 5.90. The summed E-state index contributed by atoms with van der Waals surface area (Å²) in [5.41, 5.74) is 8.04. The summed E-state index contributed by atoms with van der Waals surface area (Å²) in [5, 5.41) is 5.01. The van der Waals surface area contributed by atoms with E-state index < -0.39 is 0 Å². The molecule has 0 radical (unpaired) electrons. The maximum atomic E-state index is 6.69. The zero-order valence-corrected chi connectivity index (χ0v) is 12.2. The minimum absolute atomic E-state index is 0.0564. The molecule has 2 N–H and O–H groups in total. The van der Waals surface area contributed by atoms with Crippen LogP contribution in [-0.2, 0) is 7.05 Å². The van der Waals surface area contributed by atoms with Crippen molar-refractivity contribution >= 4 is 11.6 Å². The molecule has 3 nitrogen and oxygen atoms in total. The predicted molar refractivity (Wildman–Crippen MR) is 75.8 cm³/mol. The smallest absolute Gasteiger partial charge is 0.0834 e. The van der Waals surface area contributed by atoms with Crippen molar-refractivity contribution in [3.63, 3.8) is 0 Å². The molecule has 1 atom stereocenters. The van der Waals surface area contributed by atoms with Gasteiger partial charge >= 0.3 is 0 Å². The van der Waals surface area contributed by atoms with Gasteiger partial charge in [-0.1, -0.05) is 11.6 Å². The number of rotatable bonds is 2. The molecule has 4 saturated carbocycles. The van der Waals surface area contributed by atoms with Crippen LogP contribution in [0.5, 0.6) is 0 Å². The van der Waals surface area contributed by atoms with Crippen molar-refractivity contribution in [2.24, 2.45) is 36.0 Å². The fraction of sp³-hybridized carbons (Fsp3) is 0.800. The lowest BCUT2D eigenvalue weighted by molar-refractivity contribution is -0.0689. The molecular formula is C15H22ClN3. The van der Waals surface area contributed by atoms with E-state index in [9.17, 15) is 0 Å². The van der Waals surface area contributed by atoms with Crippen molar-refractivity contribution in [2.45, 2.75) is 44.6 Å². The number of hydrogen-bond acceptors (Lipinski definition) is 2. The summed E-state index contributed by atoms with van der Waals surface area (Å²) in [6.45, 7) is 0. The van der Waals surface area contributed by atoms with Crippen LogP contribution < -0.4 is 5.73 Å². The first-order chi connectivity index (χ1) is 9.07. The number of hydrogen-bond donors (Lipinski definition) is 1. The van der Waals surface area contributed by atoms with Crippen LogP contribution >= 0.6 is 11.6 Å². The Balaban J connectivity index is 1.72. The molecule has 5 rings (SSSR count). The summed E-state index contributed by atoms with van der Waals surface area (Å²) in [4.78, 5) is 0. The Kier molecular flexibility index (Phi) is 2.56. The van der Waals surface area contributed by atoms with E-state index in [0.717, 1.165) is 28.5 Å². The number of aromatic nitrogens is 2. The van der Waals surface area contributed by atoms with E-state index in [0.29, 0.717) is 5.41 Å². The van der Waals surface area contributed by atoms with E-state index in [1.54, 1.807) is 6.20 Å². The molecule has 0 amide bonds. The second-order valence-corrected chi connectivity index (χ2v) is 7.67. The SMILES string of the molecule is Cn1ncc(Cl)c1C(N)C12CC3CC(CC(C3)C1)C2. The Morgan fingerprint density at radius 2 is 1.79 bits per heavy atom. The molecule has 0 aromatic carbocycles. The Morgan fingerprint density at radius 3 is 2.21 bits per heavy atom. The minimum atomic E-state index is 0.0564. The number of nitrogens with two attached hydrogens (primary N) is 1. The van der Waals surface area contributed by atoms with Crippen LogP contribution in [0.25, 0.3) is 0 Å². The molecule has 4 heteroatoms. The third kappa shape index (κ3) is 1.71. The molecule has 4 aliphatic rings. The molecule has 4 fully saturated rings. The van der Waals surface area contributed by atoms with Crippen molar-refractivity contribution < 1.29 is 0 Å². The van der Waals surface area contributed by atoms with Crippen LogP contribution in [-0.4, -0.2) is 9.78 Å². The summed E-state index contributed by atoms with van der Waals surface area (Å²) < 4.78 is 1.88. The molecule has 104 valence electrons. The molecule has 1 aromatic rings. The molecule has 19 heavy (non-hydrogen) atoms. The van der Waals surface area contributed by atoms with Gasteiger partial charge in [-0.3, -0.25) is 4.68 Å². The van der Waals surface area contributed by atoms with E-state index in [1.807, 2.05) is 11.7 Å². The number of nitrogens with zero attached hydrogens (tertiary/aromatic N) is 2. The van der Waals surface area contributed by atoms with E-state index >= 15 is 0 Å². The van der Waals surface area contributed by atoms with Gasteiger partial charge < -0.3 is 5.73 Å². The Bertz CT molecular complexity index is 453. The molecule has 1 unspecified atom stereocenters. The van der Waals surface area contributed by atoms with Gasteiger partial charge in [0.25, 0.3) is 0 Å². The van der Waals surface area contributed by atoms with Crippen molar-refractivity contribution in [3.8, 4) is 0 Å². The quantitative estimate of drug-likeness (QED) is 0.903. The normalized spacial score (nSPS) is 41.7. The monoisotopic (exact) mass is 279 g/mol. The highest BCUT2D eigenvalue weighted by Gasteiger charge is 2.54. The van der Waals surface area contributed by atoms with Crippen LogP contribution in [0, 0.1) is 23.2 Å². The van der Waals surface area contributed by atoms with E-state index in [4.69, 9.17) is 17.3 Å². The standard InChI is InChI=1S/C15H22ClN3/c1-19-13(12(16)8-18-19)14(17)15-5-9-2-10(6-15)4-11(3-9)7-15/h8-11,14H,2-7,17H2,1H3. The second kappa shape index (κ2) is 3.98. The van der Waals surface area contributed by atoms with Gasteiger partial charge in [0.15, 0.2) is 0 Å². The molecule has 4 bridgehead atoms. The maximum Gasteiger partial charge on any atom is 0.0834 e. The highest BCUT2D eigenvalue weighted by atomic mass is 35.5. The largest absolute Gasteiger partial charge is 0.322 e. The summed E-state index contributed by atoms with van der Waals surface area (Å²) in [6, 6.07) is 0.0564. The lowest BCUT2D eigenvalue weighted by Crippen LogP contribution is -2.51. The molecule has 4 aliphatic carbocycles. The predicted octanol–water partition coefficient (Wildman–Crippen LogP) is 3.29. The topological polar surface area (TPSA) is 43.8 Å². The van der Waals surface area contributed by atoms with E-state index in [2.05, 4.69) is 5.10 Å². The minimum Gasteiger partial charge on any atom is -0.322 e. The van der Waals surface area contributed by atoms with E-state index in [-0.39, 0.29) is 6.04 Å². The number of halogens is 1. The second-order valence-electron chi connectivity index (χ2n) is 7.26. The van der Waals surface area contributed by atoms with Gasteiger partial charge in [-0.05, 0) is 61.7 Å². The average Bonchev–Trinajstić information content (AvgIpc) is 2.66. The van der Waals surface area contributed by atoms with Gasteiger partial charge in [-0.25, -0.2) is 0 Å². The highest BCUT2D eigenvalue weighted by Crippen LogP contribution is 2.63. The highest BCUT2D eigenvalue weighted by molar-refractivity contribution is 6.31.